The van der Waals surface area contributed by atoms with E-state index in [-0.39, 0.29) is 19.0 Å². The SMILES string of the molecule is CCOC(=O)n1nc2c(c1NC(=O)c1ccc(F)cc1[N+](=O)[O-])CN(C(=O)OC(C)(C)C)C2(C)C. The lowest BCUT2D eigenvalue weighted by Gasteiger charge is -2.33. The summed E-state index contributed by atoms with van der Waals surface area (Å²) in [5.74, 6) is -1.99. The molecule has 188 valence electrons. The third-order valence-electron chi connectivity index (χ3n) is 5.24. The van der Waals surface area contributed by atoms with E-state index in [1.807, 2.05) is 0 Å². The Labute approximate surface area is 200 Å². The van der Waals surface area contributed by atoms with E-state index in [1.54, 1.807) is 41.5 Å². The van der Waals surface area contributed by atoms with Gasteiger partial charge in [-0.1, -0.05) is 0 Å². The number of amides is 2. The maximum absolute atomic E-state index is 13.5. The van der Waals surface area contributed by atoms with Gasteiger partial charge in [0.15, 0.2) is 0 Å². The molecule has 1 aromatic heterocycles. The van der Waals surface area contributed by atoms with Gasteiger partial charge in [0.1, 0.15) is 22.8 Å². The molecule has 13 heteroatoms. The number of aromatic nitrogens is 2. The molecule has 1 aromatic carbocycles. The normalized spacial score (nSPS) is 14.3. The van der Waals surface area contributed by atoms with Gasteiger partial charge in [0.2, 0.25) is 0 Å². The number of ether oxygens (including phenoxy) is 2. The molecule has 2 amide bonds. The molecular weight excluding hydrogens is 465 g/mol. The van der Waals surface area contributed by atoms with Gasteiger partial charge in [0.25, 0.3) is 11.6 Å². The summed E-state index contributed by atoms with van der Waals surface area (Å²) in [4.78, 5) is 50.3. The van der Waals surface area contributed by atoms with E-state index >= 15 is 0 Å². The molecule has 2 aromatic rings. The molecule has 3 rings (SSSR count). The highest BCUT2D eigenvalue weighted by Gasteiger charge is 2.47. The van der Waals surface area contributed by atoms with Crippen LogP contribution in [0.3, 0.4) is 0 Å². The summed E-state index contributed by atoms with van der Waals surface area (Å²) < 4.78 is 24.9. The number of carbonyl (C=O) groups is 3. The maximum atomic E-state index is 13.5. The smallest absolute Gasteiger partial charge is 0.436 e. The zero-order valence-electron chi connectivity index (χ0n) is 20.2. The van der Waals surface area contributed by atoms with Crippen LogP contribution in [0.2, 0.25) is 0 Å². The molecular formula is C22H26FN5O7. The molecule has 0 unspecified atom stereocenters. The van der Waals surface area contributed by atoms with Gasteiger partial charge in [-0.25, -0.2) is 14.0 Å². The number of fused-ring (bicyclic) bond motifs is 1. The first-order chi connectivity index (χ1) is 16.2. The molecule has 0 saturated heterocycles. The minimum Gasteiger partial charge on any atom is -0.448 e. The highest BCUT2D eigenvalue weighted by molar-refractivity contribution is 6.07. The summed E-state index contributed by atoms with van der Waals surface area (Å²) in [6, 6.07) is 2.49. The monoisotopic (exact) mass is 491 g/mol. The number of nitro benzene ring substituents is 1. The minimum atomic E-state index is -1.03. The molecule has 0 radical (unpaired) electrons. The van der Waals surface area contributed by atoms with Crippen molar-refractivity contribution in [1.29, 1.82) is 0 Å². The van der Waals surface area contributed by atoms with E-state index in [4.69, 9.17) is 9.47 Å². The maximum Gasteiger partial charge on any atom is 0.436 e. The van der Waals surface area contributed by atoms with Crippen LogP contribution in [0.5, 0.6) is 0 Å². The number of rotatable bonds is 4. The van der Waals surface area contributed by atoms with Gasteiger partial charge in [-0.2, -0.15) is 5.10 Å². The largest absolute Gasteiger partial charge is 0.448 e. The Morgan fingerprint density at radius 3 is 2.49 bits per heavy atom. The zero-order chi connectivity index (χ0) is 26.3. The van der Waals surface area contributed by atoms with Gasteiger partial charge in [-0.05, 0) is 53.7 Å². The van der Waals surface area contributed by atoms with Crippen molar-refractivity contribution in [3.05, 3.63) is 51.0 Å². The van der Waals surface area contributed by atoms with Crippen molar-refractivity contribution in [2.24, 2.45) is 0 Å². The van der Waals surface area contributed by atoms with Crippen LogP contribution in [0.1, 0.15) is 63.2 Å². The van der Waals surface area contributed by atoms with Gasteiger partial charge < -0.3 is 14.8 Å². The van der Waals surface area contributed by atoms with Crippen LogP contribution in [-0.2, 0) is 21.6 Å². The number of benzene rings is 1. The number of anilines is 1. The minimum absolute atomic E-state index is 0.0214. The van der Waals surface area contributed by atoms with Gasteiger partial charge in [-0.15, -0.1) is 4.68 Å². The zero-order valence-corrected chi connectivity index (χ0v) is 20.2. The van der Waals surface area contributed by atoms with Crippen molar-refractivity contribution in [2.75, 3.05) is 11.9 Å². The lowest BCUT2D eigenvalue weighted by molar-refractivity contribution is -0.385. The molecule has 35 heavy (non-hydrogen) atoms. The van der Waals surface area contributed by atoms with Crippen molar-refractivity contribution in [3.8, 4) is 0 Å². The first-order valence-electron chi connectivity index (χ1n) is 10.7. The third-order valence-corrected chi connectivity index (χ3v) is 5.24. The Morgan fingerprint density at radius 1 is 1.26 bits per heavy atom. The Balaban J connectivity index is 2.06. The fraction of sp³-hybridized carbons (Fsp3) is 0.455. The number of nitro groups is 1. The van der Waals surface area contributed by atoms with Gasteiger partial charge in [-0.3, -0.25) is 19.8 Å². The second kappa shape index (κ2) is 8.96. The quantitative estimate of drug-likeness (QED) is 0.495. The molecule has 2 heterocycles. The molecule has 0 fully saturated rings. The average molecular weight is 491 g/mol. The third kappa shape index (κ3) is 4.93. The summed E-state index contributed by atoms with van der Waals surface area (Å²) in [5.41, 5.74) is -2.35. The van der Waals surface area contributed by atoms with E-state index in [0.29, 0.717) is 17.3 Å². The number of nitrogens with zero attached hydrogens (tertiary/aromatic N) is 4. The van der Waals surface area contributed by atoms with Crippen molar-refractivity contribution in [3.63, 3.8) is 0 Å². The summed E-state index contributed by atoms with van der Waals surface area (Å²) >= 11 is 0. The average Bonchev–Trinajstić information content (AvgIpc) is 3.21. The van der Waals surface area contributed by atoms with Crippen LogP contribution in [-0.4, -0.2) is 49.9 Å². The molecule has 0 spiro atoms. The number of halogens is 1. The number of hydrogen-bond donors (Lipinski definition) is 1. The second-order valence-corrected chi connectivity index (χ2v) is 9.28. The van der Waals surface area contributed by atoms with Crippen LogP contribution >= 0.6 is 0 Å². The van der Waals surface area contributed by atoms with Crippen LogP contribution < -0.4 is 5.32 Å². The molecule has 0 bridgehead atoms. The highest BCUT2D eigenvalue weighted by atomic mass is 19.1. The topological polar surface area (TPSA) is 146 Å². The highest BCUT2D eigenvalue weighted by Crippen LogP contribution is 2.42. The van der Waals surface area contributed by atoms with E-state index in [1.165, 1.54) is 4.90 Å². The van der Waals surface area contributed by atoms with E-state index in [2.05, 4.69) is 10.4 Å². The number of carbonyl (C=O) groups excluding carboxylic acids is 3. The Bertz CT molecular complexity index is 1220. The molecule has 0 saturated carbocycles. The Hall–Kier alpha value is -4.03. The fourth-order valence-electron chi connectivity index (χ4n) is 3.65. The van der Waals surface area contributed by atoms with Gasteiger partial charge >= 0.3 is 12.2 Å². The molecule has 12 nitrogen and oxygen atoms in total. The van der Waals surface area contributed by atoms with Crippen LogP contribution in [0.4, 0.5) is 25.5 Å². The van der Waals surface area contributed by atoms with Crippen LogP contribution in [0, 0.1) is 15.9 Å². The van der Waals surface area contributed by atoms with Crippen molar-refractivity contribution in [1.82, 2.24) is 14.7 Å². The summed E-state index contributed by atoms with van der Waals surface area (Å²) in [7, 11) is 0. The molecule has 1 N–H and O–H groups in total. The van der Waals surface area contributed by atoms with Crippen molar-refractivity contribution >= 4 is 29.6 Å². The Morgan fingerprint density at radius 2 is 1.91 bits per heavy atom. The van der Waals surface area contributed by atoms with E-state index < -0.39 is 51.2 Å². The predicted molar refractivity (Wildman–Crippen MR) is 120 cm³/mol. The van der Waals surface area contributed by atoms with Crippen molar-refractivity contribution < 1.29 is 33.2 Å². The van der Waals surface area contributed by atoms with Crippen LogP contribution in [0.25, 0.3) is 0 Å². The van der Waals surface area contributed by atoms with Gasteiger partial charge in [0.05, 0.1) is 35.4 Å². The van der Waals surface area contributed by atoms with Gasteiger partial charge in [0, 0.05) is 5.56 Å². The molecule has 0 aliphatic carbocycles. The fourth-order valence-corrected chi connectivity index (χ4v) is 3.65. The number of hydrogen-bond acceptors (Lipinski definition) is 8. The Kier molecular flexibility index (Phi) is 6.55. The lowest BCUT2D eigenvalue weighted by atomic mass is 10.0. The molecule has 1 aliphatic heterocycles. The summed E-state index contributed by atoms with van der Waals surface area (Å²) in [5, 5.41) is 18.1. The van der Waals surface area contributed by atoms with E-state index in [0.717, 1.165) is 16.8 Å². The van der Waals surface area contributed by atoms with Crippen molar-refractivity contribution in [2.45, 2.75) is 59.2 Å². The molecule has 0 atom stereocenters. The first kappa shape index (κ1) is 25.6. The van der Waals surface area contributed by atoms with Crippen LogP contribution in [0.15, 0.2) is 18.2 Å². The predicted octanol–water partition coefficient (Wildman–Crippen LogP) is 4.17. The standard InChI is InChI=1S/C22H26FN5O7/c1-7-34-20(31)27-17(24-18(29)13-9-8-12(23)10-15(13)28(32)33)14-11-26(19(30)35-21(2,3)4)22(5,6)16(14)25-27/h8-10H,7,11H2,1-6H3,(H,24,29). The summed E-state index contributed by atoms with van der Waals surface area (Å²) in [6.07, 6.45) is -1.53. The summed E-state index contributed by atoms with van der Waals surface area (Å²) in [6.45, 7) is 10.1. The lowest BCUT2D eigenvalue weighted by Crippen LogP contribution is -2.44. The molecule has 1 aliphatic rings. The number of nitrogens with one attached hydrogen (secondary N) is 1. The first-order valence-corrected chi connectivity index (χ1v) is 10.7. The second-order valence-electron chi connectivity index (χ2n) is 9.28. The van der Waals surface area contributed by atoms with E-state index in [9.17, 15) is 28.9 Å².